The van der Waals surface area contributed by atoms with Gasteiger partial charge in [-0.1, -0.05) is 25.0 Å². The van der Waals surface area contributed by atoms with Crippen molar-refractivity contribution in [3.05, 3.63) is 35.6 Å². The summed E-state index contributed by atoms with van der Waals surface area (Å²) in [6, 6.07) is 7.46. The Labute approximate surface area is 155 Å². The quantitative estimate of drug-likeness (QED) is 0.828. The Morgan fingerprint density at radius 3 is 2.92 bits per heavy atom. The second-order valence-electron chi connectivity index (χ2n) is 7.95. The van der Waals surface area contributed by atoms with Crippen LogP contribution >= 0.6 is 0 Å². The highest BCUT2D eigenvalue weighted by molar-refractivity contribution is 5.79. The van der Waals surface area contributed by atoms with Gasteiger partial charge in [0.2, 0.25) is 5.91 Å². The SMILES string of the molecule is O=C(CN1CCC[C@@H]1Cc1cccc(F)c1)N1CCO[C@H]2CCCC[C@H]21. The molecule has 26 heavy (non-hydrogen) atoms. The zero-order valence-corrected chi connectivity index (χ0v) is 15.4. The minimum atomic E-state index is -0.181. The number of hydrogen-bond donors (Lipinski definition) is 0. The molecule has 0 unspecified atom stereocenters. The van der Waals surface area contributed by atoms with Gasteiger partial charge in [-0.05, 0) is 56.3 Å². The molecule has 2 aliphatic heterocycles. The number of hydrogen-bond acceptors (Lipinski definition) is 3. The number of likely N-dealkylation sites (tertiary alicyclic amines) is 1. The zero-order chi connectivity index (χ0) is 17.9. The molecule has 1 aromatic rings. The molecule has 4 nitrogen and oxygen atoms in total. The van der Waals surface area contributed by atoms with E-state index < -0.39 is 0 Å². The van der Waals surface area contributed by atoms with E-state index in [0.29, 0.717) is 19.2 Å². The van der Waals surface area contributed by atoms with Gasteiger partial charge in [0.1, 0.15) is 5.82 Å². The maximum absolute atomic E-state index is 13.5. The van der Waals surface area contributed by atoms with Gasteiger partial charge < -0.3 is 9.64 Å². The Kier molecular flexibility index (Phi) is 5.55. The number of nitrogens with zero attached hydrogens (tertiary/aromatic N) is 2. The van der Waals surface area contributed by atoms with Gasteiger partial charge in [0.25, 0.3) is 0 Å². The Balaban J connectivity index is 1.38. The van der Waals surface area contributed by atoms with E-state index in [9.17, 15) is 9.18 Å². The number of carbonyl (C=O) groups excluding carboxylic acids is 1. The van der Waals surface area contributed by atoms with Crippen LogP contribution in [0.1, 0.15) is 44.1 Å². The third kappa shape index (κ3) is 3.94. The predicted molar refractivity (Wildman–Crippen MR) is 98.4 cm³/mol. The standard InChI is InChI=1S/C21H29FN2O2/c22-17-6-3-5-16(13-17)14-18-7-4-10-23(18)15-21(25)24-11-12-26-20-9-2-1-8-19(20)24/h3,5-6,13,18-20H,1-2,4,7-12,14-15H2/t18-,19-,20+/m1/s1. The molecule has 0 spiro atoms. The molecule has 1 amide bonds. The summed E-state index contributed by atoms with van der Waals surface area (Å²) >= 11 is 0. The summed E-state index contributed by atoms with van der Waals surface area (Å²) in [4.78, 5) is 17.4. The summed E-state index contributed by atoms with van der Waals surface area (Å²) in [7, 11) is 0. The number of benzene rings is 1. The van der Waals surface area contributed by atoms with Crippen molar-refractivity contribution in [1.82, 2.24) is 9.80 Å². The summed E-state index contributed by atoms with van der Waals surface area (Å²) in [5.74, 6) is 0.0659. The second kappa shape index (κ2) is 8.05. The van der Waals surface area contributed by atoms with E-state index in [1.807, 2.05) is 6.07 Å². The van der Waals surface area contributed by atoms with Crippen LogP contribution < -0.4 is 0 Å². The van der Waals surface area contributed by atoms with Crippen molar-refractivity contribution in [2.24, 2.45) is 0 Å². The molecule has 5 heteroatoms. The van der Waals surface area contributed by atoms with Gasteiger partial charge in [-0.2, -0.15) is 0 Å². The summed E-state index contributed by atoms with van der Waals surface area (Å²) < 4.78 is 19.4. The molecule has 4 rings (SSSR count). The number of halogens is 1. The highest BCUT2D eigenvalue weighted by Crippen LogP contribution is 2.29. The molecule has 142 valence electrons. The minimum Gasteiger partial charge on any atom is -0.374 e. The minimum absolute atomic E-state index is 0.181. The first-order valence-electron chi connectivity index (χ1n) is 10.1. The summed E-state index contributed by atoms with van der Waals surface area (Å²) in [6.45, 7) is 2.84. The van der Waals surface area contributed by atoms with E-state index >= 15 is 0 Å². The fourth-order valence-electron chi connectivity index (χ4n) is 4.94. The number of carbonyl (C=O) groups is 1. The third-order valence-corrected chi connectivity index (χ3v) is 6.25. The molecule has 1 aromatic carbocycles. The molecular formula is C21H29FN2O2. The monoisotopic (exact) mass is 360 g/mol. The van der Waals surface area contributed by atoms with Crippen LogP contribution in [0.5, 0.6) is 0 Å². The van der Waals surface area contributed by atoms with Crippen LogP contribution in [0.2, 0.25) is 0 Å². The number of amides is 1. The average Bonchev–Trinajstić information content (AvgIpc) is 3.08. The molecule has 1 saturated carbocycles. The zero-order valence-electron chi connectivity index (χ0n) is 15.4. The lowest BCUT2D eigenvalue weighted by Crippen LogP contribution is -2.57. The lowest BCUT2D eigenvalue weighted by atomic mass is 9.90. The molecule has 3 atom stereocenters. The highest BCUT2D eigenvalue weighted by atomic mass is 19.1. The first-order chi connectivity index (χ1) is 12.7. The van der Waals surface area contributed by atoms with E-state index in [1.165, 1.54) is 18.9 Å². The van der Waals surface area contributed by atoms with Gasteiger partial charge >= 0.3 is 0 Å². The van der Waals surface area contributed by atoms with Crippen molar-refractivity contribution in [3.63, 3.8) is 0 Å². The van der Waals surface area contributed by atoms with Crippen LogP contribution in [-0.2, 0) is 16.0 Å². The van der Waals surface area contributed by atoms with Crippen LogP contribution in [0, 0.1) is 5.82 Å². The topological polar surface area (TPSA) is 32.8 Å². The number of rotatable bonds is 4. The van der Waals surface area contributed by atoms with Gasteiger partial charge in [0, 0.05) is 12.6 Å². The van der Waals surface area contributed by atoms with Gasteiger partial charge in [-0.25, -0.2) is 4.39 Å². The number of ether oxygens (including phenoxy) is 1. The molecule has 3 aliphatic rings. The lowest BCUT2D eigenvalue weighted by Gasteiger charge is -2.44. The first kappa shape index (κ1) is 17.9. The van der Waals surface area contributed by atoms with E-state index in [0.717, 1.165) is 50.8 Å². The number of fused-ring (bicyclic) bond motifs is 1. The van der Waals surface area contributed by atoms with Crippen molar-refractivity contribution >= 4 is 5.91 Å². The van der Waals surface area contributed by atoms with Crippen LogP contribution in [0.3, 0.4) is 0 Å². The molecule has 0 radical (unpaired) electrons. The Bertz CT molecular complexity index is 636. The molecule has 0 bridgehead atoms. The van der Waals surface area contributed by atoms with Gasteiger partial charge in [-0.15, -0.1) is 0 Å². The third-order valence-electron chi connectivity index (χ3n) is 6.25. The molecule has 2 heterocycles. The largest absolute Gasteiger partial charge is 0.374 e. The summed E-state index contributed by atoms with van der Waals surface area (Å²) in [5, 5.41) is 0. The van der Waals surface area contributed by atoms with Crippen molar-refractivity contribution in [2.75, 3.05) is 26.2 Å². The van der Waals surface area contributed by atoms with E-state index in [2.05, 4.69) is 9.80 Å². The molecule has 2 saturated heterocycles. The van der Waals surface area contributed by atoms with Crippen LogP contribution in [-0.4, -0.2) is 60.1 Å². The first-order valence-corrected chi connectivity index (χ1v) is 10.1. The van der Waals surface area contributed by atoms with Crippen molar-refractivity contribution < 1.29 is 13.9 Å². The molecule has 0 aromatic heterocycles. The average molecular weight is 360 g/mol. The molecule has 1 aliphatic carbocycles. The van der Waals surface area contributed by atoms with Gasteiger partial charge in [-0.3, -0.25) is 9.69 Å². The fraction of sp³-hybridized carbons (Fsp3) is 0.667. The molecule has 3 fully saturated rings. The second-order valence-corrected chi connectivity index (χ2v) is 7.95. The molecular weight excluding hydrogens is 331 g/mol. The Hall–Kier alpha value is -1.46. The maximum Gasteiger partial charge on any atom is 0.237 e. The van der Waals surface area contributed by atoms with E-state index in [4.69, 9.17) is 4.74 Å². The highest BCUT2D eigenvalue weighted by Gasteiger charge is 2.37. The van der Waals surface area contributed by atoms with E-state index in [-0.39, 0.29) is 23.9 Å². The maximum atomic E-state index is 13.5. The summed E-state index contributed by atoms with van der Waals surface area (Å²) in [5.41, 5.74) is 1.02. The smallest absolute Gasteiger partial charge is 0.237 e. The van der Waals surface area contributed by atoms with Crippen LogP contribution in [0.4, 0.5) is 4.39 Å². The van der Waals surface area contributed by atoms with Crippen molar-refractivity contribution in [3.8, 4) is 0 Å². The lowest BCUT2D eigenvalue weighted by molar-refractivity contribution is -0.150. The van der Waals surface area contributed by atoms with Crippen molar-refractivity contribution in [2.45, 2.75) is 63.1 Å². The summed E-state index contributed by atoms with van der Waals surface area (Å²) in [6.07, 6.45) is 7.82. The Morgan fingerprint density at radius 1 is 1.15 bits per heavy atom. The van der Waals surface area contributed by atoms with E-state index in [1.54, 1.807) is 12.1 Å². The predicted octanol–water partition coefficient (Wildman–Crippen LogP) is 3.00. The van der Waals surface area contributed by atoms with Gasteiger partial charge in [0.15, 0.2) is 0 Å². The van der Waals surface area contributed by atoms with Gasteiger partial charge in [0.05, 0.1) is 25.3 Å². The van der Waals surface area contributed by atoms with Crippen molar-refractivity contribution in [1.29, 1.82) is 0 Å². The fourth-order valence-corrected chi connectivity index (χ4v) is 4.94. The normalized spacial score (nSPS) is 29.6. The number of morpholine rings is 1. The van der Waals surface area contributed by atoms with Crippen LogP contribution in [0.15, 0.2) is 24.3 Å². The van der Waals surface area contributed by atoms with Crippen LogP contribution in [0.25, 0.3) is 0 Å². The molecule has 0 N–H and O–H groups in total. The Morgan fingerprint density at radius 2 is 2.04 bits per heavy atom.